The molecule has 140 valence electrons. The van der Waals surface area contributed by atoms with Crippen molar-refractivity contribution in [3.05, 3.63) is 11.3 Å². The number of alkyl halides is 1. The van der Waals surface area contributed by atoms with E-state index in [9.17, 15) is 22.8 Å². The van der Waals surface area contributed by atoms with Gasteiger partial charge in [0.1, 0.15) is 10.8 Å². The topological polar surface area (TPSA) is 107 Å². The first kappa shape index (κ1) is 20.1. The fourth-order valence-corrected chi connectivity index (χ4v) is 5.63. The third-order valence-electron chi connectivity index (χ3n) is 4.02. The van der Waals surface area contributed by atoms with E-state index in [0.29, 0.717) is 0 Å². The number of carbonyl (C=O) groups is 3. The molecule has 2 aliphatic heterocycles. The average molecular weight is 438 g/mol. The van der Waals surface area contributed by atoms with Crippen LogP contribution in [0.1, 0.15) is 27.7 Å². The highest BCUT2D eigenvalue weighted by Gasteiger charge is 2.63. The van der Waals surface area contributed by atoms with Crippen LogP contribution in [-0.2, 0) is 33.7 Å². The molecule has 2 rings (SSSR count). The molecule has 2 heterocycles. The lowest BCUT2D eigenvalue weighted by molar-refractivity contribution is -0.161. The van der Waals surface area contributed by atoms with Gasteiger partial charge in [0.25, 0.3) is 5.91 Å². The van der Waals surface area contributed by atoms with E-state index in [-0.39, 0.29) is 11.3 Å². The lowest BCUT2D eigenvalue weighted by atomic mass is 9.85. The van der Waals surface area contributed by atoms with Crippen LogP contribution in [0.4, 0.5) is 0 Å². The molecule has 0 aromatic rings. The van der Waals surface area contributed by atoms with Crippen LogP contribution in [0.25, 0.3) is 0 Å². The van der Waals surface area contributed by atoms with Gasteiger partial charge in [0.05, 0.1) is 5.70 Å². The van der Waals surface area contributed by atoms with Crippen molar-refractivity contribution in [2.75, 3.05) is 13.7 Å². The molecule has 8 nitrogen and oxygen atoms in total. The van der Waals surface area contributed by atoms with Crippen LogP contribution in [0, 0.1) is 5.41 Å². The van der Waals surface area contributed by atoms with E-state index in [0.717, 1.165) is 4.90 Å². The van der Waals surface area contributed by atoms with Gasteiger partial charge < -0.3 is 9.47 Å². The second-order valence-corrected chi connectivity index (χ2v) is 10.5. The summed E-state index contributed by atoms with van der Waals surface area (Å²) < 4.78 is 34.2. The summed E-state index contributed by atoms with van der Waals surface area (Å²) in [5.41, 5.74) is -0.879. The van der Waals surface area contributed by atoms with Crippen molar-refractivity contribution in [3.63, 3.8) is 0 Å². The molecule has 3 atom stereocenters. The van der Waals surface area contributed by atoms with Crippen LogP contribution in [0.15, 0.2) is 11.3 Å². The Hall–Kier alpha value is -1.26. The molecule has 0 aliphatic carbocycles. The molecule has 2 aliphatic rings. The first-order chi connectivity index (χ1) is 11.4. The van der Waals surface area contributed by atoms with E-state index in [1.807, 2.05) is 0 Å². The predicted molar refractivity (Wildman–Crippen MR) is 91.2 cm³/mol. The molecule has 0 aromatic carbocycles. The Bertz CT molecular complexity index is 765. The quantitative estimate of drug-likeness (QED) is 0.362. The van der Waals surface area contributed by atoms with Gasteiger partial charge in [-0.25, -0.2) is 8.42 Å². The lowest BCUT2D eigenvalue weighted by Gasteiger charge is -2.50. The first-order valence-corrected chi connectivity index (χ1v) is 10.0. The van der Waals surface area contributed by atoms with Gasteiger partial charge in [0, 0.05) is 25.0 Å². The van der Waals surface area contributed by atoms with Crippen LogP contribution in [0.2, 0.25) is 0 Å². The number of Topliss-reactive ketones (excluding diaryl/α,β-unsaturated/α-hetero) is 1. The van der Waals surface area contributed by atoms with E-state index in [2.05, 4.69) is 15.9 Å². The fraction of sp³-hybridized carbons (Fsp3) is 0.667. The third kappa shape index (κ3) is 3.15. The smallest absolute Gasteiger partial charge is 0.302 e. The van der Waals surface area contributed by atoms with Crippen LogP contribution in [0.3, 0.4) is 0 Å². The number of esters is 1. The lowest BCUT2D eigenvalue weighted by Crippen LogP contribution is -2.72. The van der Waals surface area contributed by atoms with Crippen LogP contribution in [0.5, 0.6) is 0 Å². The molecule has 25 heavy (non-hydrogen) atoms. The maximum atomic E-state index is 12.9. The largest absolute Gasteiger partial charge is 0.461 e. The summed E-state index contributed by atoms with van der Waals surface area (Å²) in [6.07, 6.45) is -1.16. The second kappa shape index (κ2) is 6.48. The molecular formula is C15H20BrNO7S. The molecule has 0 saturated carbocycles. The van der Waals surface area contributed by atoms with Gasteiger partial charge in [-0.2, -0.15) is 0 Å². The van der Waals surface area contributed by atoms with Crippen molar-refractivity contribution in [3.8, 4) is 0 Å². The van der Waals surface area contributed by atoms with E-state index in [1.54, 1.807) is 20.8 Å². The molecule has 0 N–H and O–H groups in total. The maximum Gasteiger partial charge on any atom is 0.302 e. The number of ether oxygens (including phenoxy) is 2. The zero-order chi connectivity index (χ0) is 19.3. The van der Waals surface area contributed by atoms with E-state index in [4.69, 9.17) is 9.47 Å². The molecular weight excluding hydrogens is 418 g/mol. The van der Waals surface area contributed by atoms with Crippen LogP contribution in [-0.4, -0.2) is 60.3 Å². The Labute approximate surface area is 154 Å². The van der Waals surface area contributed by atoms with Crippen molar-refractivity contribution in [1.82, 2.24) is 4.90 Å². The average Bonchev–Trinajstić information content (AvgIpc) is 2.48. The summed E-state index contributed by atoms with van der Waals surface area (Å²) >= 11 is 3.10. The van der Waals surface area contributed by atoms with Crippen molar-refractivity contribution in [2.45, 2.75) is 43.3 Å². The van der Waals surface area contributed by atoms with Crippen molar-refractivity contribution < 1.29 is 32.3 Å². The first-order valence-electron chi connectivity index (χ1n) is 7.49. The number of methoxy groups -OCH3 is 1. The number of fused-ring (bicyclic) bond motifs is 1. The van der Waals surface area contributed by atoms with E-state index < -0.39 is 55.2 Å². The number of nitrogens with zero attached hydrogens (tertiary/aromatic N) is 1. The zero-order valence-electron chi connectivity index (χ0n) is 14.5. The van der Waals surface area contributed by atoms with Gasteiger partial charge in [0.2, 0.25) is 0 Å². The van der Waals surface area contributed by atoms with Crippen molar-refractivity contribution >= 4 is 43.4 Å². The van der Waals surface area contributed by atoms with Crippen molar-refractivity contribution in [1.29, 1.82) is 0 Å². The van der Waals surface area contributed by atoms with Gasteiger partial charge in [-0.15, -0.1) is 0 Å². The van der Waals surface area contributed by atoms with E-state index in [1.165, 1.54) is 14.0 Å². The summed E-state index contributed by atoms with van der Waals surface area (Å²) in [7, 11) is -2.67. The van der Waals surface area contributed by atoms with Gasteiger partial charge >= 0.3 is 5.97 Å². The zero-order valence-corrected chi connectivity index (χ0v) is 16.9. The molecule has 0 aromatic heterocycles. The van der Waals surface area contributed by atoms with Gasteiger partial charge in [0.15, 0.2) is 27.1 Å². The predicted octanol–water partition coefficient (Wildman–Crippen LogP) is 0.751. The van der Waals surface area contributed by atoms with Gasteiger partial charge in [-0.05, 0) is 0 Å². The van der Waals surface area contributed by atoms with Gasteiger partial charge in [-0.1, -0.05) is 36.7 Å². The number of rotatable bonds is 4. The number of hydrogen-bond acceptors (Lipinski definition) is 7. The minimum atomic E-state index is -3.91. The highest BCUT2D eigenvalue weighted by atomic mass is 79.9. The summed E-state index contributed by atoms with van der Waals surface area (Å²) in [6, 6.07) is 0. The fourth-order valence-electron chi connectivity index (χ4n) is 2.72. The maximum absolute atomic E-state index is 12.9. The Morgan fingerprint density at radius 3 is 2.28 bits per heavy atom. The van der Waals surface area contributed by atoms with Crippen molar-refractivity contribution in [2.24, 2.45) is 5.41 Å². The van der Waals surface area contributed by atoms with Crippen LogP contribution >= 0.6 is 15.9 Å². The summed E-state index contributed by atoms with van der Waals surface area (Å²) in [5, 5.41) is -1.28. The summed E-state index contributed by atoms with van der Waals surface area (Å²) in [5.74, 6) is -1.65. The standard InChI is InChI=1S/C15H20BrNO7S/c1-7(18)24-6-8-9(11(19)15(2,3)4)17-13(20)10(23-5)14(17)25(21,22)12(8)16/h10,12,14H,6H2,1-5H3/t10?,12?,14-/m0/s1. The number of sulfone groups is 1. The monoisotopic (exact) mass is 437 g/mol. The highest BCUT2D eigenvalue weighted by Crippen LogP contribution is 2.45. The number of ketones is 1. The number of carbonyl (C=O) groups excluding carboxylic acids is 3. The summed E-state index contributed by atoms with van der Waals surface area (Å²) in [4.78, 5) is 37.4. The molecule has 2 unspecified atom stereocenters. The minimum Gasteiger partial charge on any atom is -0.461 e. The SMILES string of the molecule is COC1C(=O)N2C(C(=O)C(C)(C)C)=C(COC(C)=O)C(Br)S(=O)(=O)[C@@H]12. The highest BCUT2D eigenvalue weighted by molar-refractivity contribution is 9.11. The summed E-state index contributed by atoms with van der Waals surface area (Å²) in [6.45, 7) is 5.74. The Morgan fingerprint density at radius 1 is 1.28 bits per heavy atom. The molecule has 1 saturated heterocycles. The van der Waals surface area contributed by atoms with E-state index >= 15 is 0 Å². The molecule has 0 radical (unpaired) electrons. The number of hydrogen-bond donors (Lipinski definition) is 0. The molecule has 0 spiro atoms. The normalized spacial score (nSPS) is 28.3. The molecule has 1 amide bonds. The van der Waals surface area contributed by atoms with Gasteiger partial charge in [-0.3, -0.25) is 19.3 Å². The molecule has 1 fully saturated rings. The third-order valence-corrected chi connectivity index (χ3v) is 8.13. The number of β-lactam (4-membered cyclic amide) rings is 1. The number of allylic oxidation sites excluding steroid dienone is 1. The Morgan fingerprint density at radius 2 is 1.84 bits per heavy atom. The minimum absolute atomic E-state index is 0.0364. The number of amides is 1. The Balaban J connectivity index is 2.66. The number of halogens is 1. The van der Waals surface area contributed by atoms with Crippen LogP contribution < -0.4 is 0 Å². The second-order valence-electron chi connectivity index (χ2n) is 6.89. The molecule has 0 bridgehead atoms. The molecule has 10 heteroatoms. The Kier molecular flexibility index (Phi) is 5.20.